The Labute approximate surface area is 185 Å². The van der Waals surface area contributed by atoms with Crippen LogP contribution in [0.1, 0.15) is 26.5 Å². The van der Waals surface area contributed by atoms with Crippen molar-refractivity contribution in [3.63, 3.8) is 0 Å². The van der Waals surface area contributed by atoms with E-state index in [1.165, 1.54) is 22.5 Å². The summed E-state index contributed by atoms with van der Waals surface area (Å²) in [5, 5.41) is 0.881. The molecule has 0 atom stereocenters. The van der Waals surface area contributed by atoms with Crippen molar-refractivity contribution >= 4 is 56.0 Å². The SMILES string of the molecule is O=C1c2ccccc2C(=O)N1CC(=O)N(Cc1ccco1)c1nc2c(Cl)cccc2s1. The second-order valence-electron chi connectivity index (χ2n) is 6.88. The zero-order valence-corrected chi connectivity index (χ0v) is 17.5. The predicted molar refractivity (Wildman–Crippen MR) is 116 cm³/mol. The van der Waals surface area contributed by atoms with Gasteiger partial charge in [0.15, 0.2) is 5.13 Å². The molecule has 0 N–H and O–H groups in total. The molecule has 7 nitrogen and oxygen atoms in total. The lowest BCUT2D eigenvalue weighted by Gasteiger charge is -2.21. The second kappa shape index (κ2) is 7.64. The van der Waals surface area contributed by atoms with Crippen LogP contribution in [0.2, 0.25) is 5.02 Å². The summed E-state index contributed by atoms with van der Waals surface area (Å²) in [5.74, 6) is -0.888. The maximum absolute atomic E-state index is 13.3. The molecule has 1 aliphatic rings. The fourth-order valence-electron chi connectivity index (χ4n) is 3.44. The minimum atomic E-state index is -0.487. The Bertz CT molecular complexity index is 1300. The first-order valence-corrected chi connectivity index (χ1v) is 10.6. The third kappa shape index (κ3) is 3.39. The number of benzene rings is 2. The highest BCUT2D eigenvalue weighted by Crippen LogP contribution is 2.34. The van der Waals surface area contributed by atoms with Gasteiger partial charge in [0.1, 0.15) is 17.8 Å². The number of amides is 3. The van der Waals surface area contributed by atoms with Crippen LogP contribution in [0, 0.1) is 0 Å². The summed E-state index contributed by atoms with van der Waals surface area (Å²) < 4.78 is 6.23. The van der Waals surface area contributed by atoms with Crippen molar-refractivity contribution < 1.29 is 18.8 Å². The van der Waals surface area contributed by atoms with E-state index in [9.17, 15) is 14.4 Å². The molecule has 2 aromatic heterocycles. The van der Waals surface area contributed by atoms with Crippen LogP contribution in [0.4, 0.5) is 5.13 Å². The van der Waals surface area contributed by atoms with Gasteiger partial charge in [-0.15, -0.1) is 0 Å². The topological polar surface area (TPSA) is 83.7 Å². The molecule has 0 unspecified atom stereocenters. The lowest BCUT2D eigenvalue weighted by Crippen LogP contribution is -2.42. The van der Waals surface area contributed by atoms with Gasteiger partial charge < -0.3 is 4.42 Å². The Morgan fingerprint density at radius 3 is 2.42 bits per heavy atom. The number of carbonyl (C=O) groups is 3. The highest BCUT2D eigenvalue weighted by atomic mass is 35.5. The lowest BCUT2D eigenvalue weighted by molar-refractivity contribution is -0.119. The molecular weight excluding hydrogens is 438 g/mol. The van der Waals surface area contributed by atoms with E-state index in [0.717, 1.165) is 9.60 Å². The standard InChI is InChI=1S/C22H14ClN3O4S/c23-16-8-3-9-17-19(16)24-22(31-17)25(11-13-5-4-10-30-13)18(27)12-26-20(28)14-6-1-2-7-15(14)21(26)29/h1-10H,11-12H2. The van der Waals surface area contributed by atoms with Crippen LogP contribution in [0.25, 0.3) is 10.2 Å². The van der Waals surface area contributed by atoms with Gasteiger partial charge in [0, 0.05) is 0 Å². The molecule has 3 amide bonds. The Hall–Kier alpha value is -3.49. The molecule has 31 heavy (non-hydrogen) atoms. The highest BCUT2D eigenvalue weighted by Gasteiger charge is 2.37. The van der Waals surface area contributed by atoms with Crippen LogP contribution in [0.3, 0.4) is 0 Å². The number of aromatic nitrogens is 1. The van der Waals surface area contributed by atoms with E-state index in [1.54, 1.807) is 42.5 Å². The van der Waals surface area contributed by atoms with E-state index < -0.39 is 24.3 Å². The largest absolute Gasteiger partial charge is 0.467 e. The number of anilines is 1. The number of hydrogen-bond acceptors (Lipinski definition) is 6. The molecule has 9 heteroatoms. The van der Waals surface area contributed by atoms with E-state index in [0.29, 0.717) is 32.6 Å². The molecule has 0 fully saturated rings. The van der Waals surface area contributed by atoms with Gasteiger partial charge in [-0.3, -0.25) is 24.2 Å². The number of para-hydroxylation sites is 1. The summed E-state index contributed by atoms with van der Waals surface area (Å²) in [7, 11) is 0. The zero-order chi connectivity index (χ0) is 21.5. The Morgan fingerprint density at radius 1 is 1.03 bits per heavy atom. The van der Waals surface area contributed by atoms with E-state index in [1.807, 2.05) is 12.1 Å². The van der Waals surface area contributed by atoms with Gasteiger partial charge in [0.25, 0.3) is 11.8 Å². The summed E-state index contributed by atoms with van der Waals surface area (Å²) in [6, 6.07) is 15.4. The molecule has 5 rings (SSSR count). The number of nitrogens with zero attached hydrogens (tertiary/aromatic N) is 3. The Morgan fingerprint density at radius 2 is 1.77 bits per heavy atom. The van der Waals surface area contributed by atoms with Gasteiger partial charge >= 0.3 is 0 Å². The van der Waals surface area contributed by atoms with Crippen molar-refractivity contribution in [1.82, 2.24) is 9.88 Å². The van der Waals surface area contributed by atoms with Crippen molar-refractivity contribution in [3.05, 3.63) is 82.8 Å². The lowest BCUT2D eigenvalue weighted by atomic mass is 10.1. The van der Waals surface area contributed by atoms with Crippen LogP contribution < -0.4 is 4.90 Å². The summed E-state index contributed by atoms with van der Waals surface area (Å²) in [5.41, 5.74) is 1.18. The van der Waals surface area contributed by atoms with Gasteiger partial charge in [-0.25, -0.2) is 4.98 Å². The minimum Gasteiger partial charge on any atom is -0.467 e. The first kappa shape index (κ1) is 19.5. The molecule has 0 spiro atoms. The van der Waals surface area contributed by atoms with Crippen LogP contribution in [-0.2, 0) is 11.3 Å². The van der Waals surface area contributed by atoms with Crippen LogP contribution in [-0.4, -0.2) is 34.2 Å². The predicted octanol–water partition coefficient (Wildman–Crippen LogP) is 4.37. The van der Waals surface area contributed by atoms with Gasteiger partial charge in [0.05, 0.1) is 33.7 Å². The maximum Gasteiger partial charge on any atom is 0.262 e. The van der Waals surface area contributed by atoms with Crippen molar-refractivity contribution in [1.29, 1.82) is 0 Å². The number of furan rings is 1. The molecule has 1 aliphatic heterocycles. The summed E-state index contributed by atoms with van der Waals surface area (Å²) in [6.45, 7) is -0.302. The molecular formula is C22H14ClN3O4S. The summed E-state index contributed by atoms with van der Waals surface area (Å²) in [6.07, 6.45) is 1.51. The molecule has 4 aromatic rings. The summed E-state index contributed by atoms with van der Waals surface area (Å²) >= 11 is 7.55. The van der Waals surface area contributed by atoms with E-state index in [2.05, 4.69) is 4.98 Å². The number of rotatable bonds is 5. The normalized spacial score (nSPS) is 13.1. The van der Waals surface area contributed by atoms with Crippen LogP contribution in [0.5, 0.6) is 0 Å². The second-order valence-corrected chi connectivity index (χ2v) is 8.30. The fraction of sp³-hybridized carbons (Fsp3) is 0.0909. The first-order chi connectivity index (χ1) is 15.0. The number of imide groups is 1. The highest BCUT2D eigenvalue weighted by molar-refractivity contribution is 7.22. The van der Waals surface area contributed by atoms with Crippen molar-refractivity contribution in [2.24, 2.45) is 0 Å². The number of carbonyl (C=O) groups excluding carboxylic acids is 3. The van der Waals surface area contributed by atoms with E-state index in [4.69, 9.17) is 16.0 Å². The first-order valence-electron chi connectivity index (χ1n) is 9.36. The number of fused-ring (bicyclic) bond motifs is 2. The molecule has 3 heterocycles. The van der Waals surface area contributed by atoms with Gasteiger partial charge in [-0.05, 0) is 36.4 Å². The quantitative estimate of drug-likeness (QED) is 0.421. The van der Waals surface area contributed by atoms with Crippen LogP contribution in [0.15, 0.2) is 65.3 Å². The average molecular weight is 452 g/mol. The zero-order valence-electron chi connectivity index (χ0n) is 15.9. The molecule has 0 saturated heterocycles. The number of hydrogen-bond donors (Lipinski definition) is 0. The monoisotopic (exact) mass is 451 g/mol. The van der Waals surface area contributed by atoms with Gasteiger partial charge in [0.2, 0.25) is 5.91 Å². The fourth-order valence-corrected chi connectivity index (χ4v) is 4.72. The van der Waals surface area contributed by atoms with Gasteiger partial charge in [-0.2, -0.15) is 0 Å². The molecule has 154 valence electrons. The third-order valence-electron chi connectivity index (χ3n) is 4.96. The van der Waals surface area contributed by atoms with Crippen molar-refractivity contribution in [3.8, 4) is 0 Å². The van der Waals surface area contributed by atoms with E-state index in [-0.39, 0.29) is 6.54 Å². The number of halogens is 1. The van der Waals surface area contributed by atoms with Gasteiger partial charge in [-0.1, -0.05) is 41.1 Å². The van der Waals surface area contributed by atoms with Crippen LogP contribution >= 0.6 is 22.9 Å². The minimum absolute atomic E-state index is 0.104. The molecule has 0 aliphatic carbocycles. The van der Waals surface area contributed by atoms with E-state index >= 15 is 0 Å². The Kier molecular flexibility index (Phi) is 4.80. The summed E-state index contributed by atoms with van der Waals surface area (Å²) in [4.78, 5) is 45.6. The maximum atomic E-state index is 13.3. The number of thiazole rings is 1. The van der Waals surface area contributed by atoms with Crippen molar-refractivity contribution in [2.45, 2.75) is 6.54 Å². The molecule has 2 aromatic carbocycles. The van der Waals surface area contributed by atoms with Crippen molar-refractivity contribution in [2.75, 3.05) is 11.4 Å². The molecule has 0 saturated carbocycles. The Balaban J connectivity index is 1.48. The molecule has 0 radical (unpaired) electrons. The smallest absolute Gasteiger partial charge is 0.262 e. The molecule has 0 bridgehead atoms. The average Bonchev–Trinajstić information content (AvgIpc) is 3.49. The third-order valence-corrected chi connectivity index (χ3v) is 6.30.